The number of hydrogen-bond donors (Lipinski definition) is 2. The largest absolute Gasteiger partial charge is 0.465 e. The molecule has 0 aliphatic heterocycles. The highest BCUT2D eigenvalue weighted by Crippen LogP contribution is 2.44. The quantitative estimate of drug-likeness (QED) is 0.357. The molecule has 3 N–H and O–H groups in total. The van der Waals surface area contributed by atoms with Gasteiger partial charge in [-0.05, 0) is 39.5 Å². The smallest absolute Gasteiger partial charge is 0.319 e. The van der Waals surface area contributed by atoms with Gasteiger partial charge in [0, 0.05) is 18.9 Å². The van der Waals surface area contributed by atoms with E-state index in [1.54, 1.807) is 6.92 Å². The number of primary amides is 1. The molecule has 0 aromatic rings. The Kier molecular flexibility index (Phi) is 7.19. The number of nitrogens with two attached hydrogens (primary N) is 1. The lowest BCUT2D eigenvalue weighted by Crippen LogP contribution is -2.47. The zero-order valence-corrected chi connectivity index (χ0v) is 13.9. The number of urea groups is 1. The molecule has 0 saturated heterocycles. The lowest BCUT2D eigenvalue weighted by molar-refractivity contribution is -0.167. The summed E-state index contributed by atoms with van der Waals surface area (Å²) in [7, 11) is 0. The maximum Gasteiger partial charge on any atom is 0.319 e. The Labute approximate surface area is 136 Å². The minimum absolute atomic E-state index is 0.0463. The fraction of sp³-hybridized carbons (Fsp3) is 0.750. The second-order valence-electron chi connectivity index (χ2n) is 6.02. The molecule has 1 rings (SSSR count). The Morgan fingerprint density at radius 1 is 1.26 bits per heavy atom. The number of ether oxygens (including phenoxy) is 1. The summed E-state index contributed by atoms with van der Waals surface area (Å²) < 4.78 is 5.03. The predicted octanol–water partition coefficient (Wildman–Crippen LogP) is 1.33. The summed E-state index contributed by atoms with van der Waals surface area (Å²) in [5.41, 5.74) is 3.93. The Morgan fingerprint density at radius 3 is 2.35 bits per heavy atom. The van der Waals surface area contributed by atoms with Crippen LogP contribution < -0.4 is 11.1 Å². The van der Waals surface area contributed by atoms with Gasteiger partial charge in [0.2, 0.25) is 0 Å². The van der Waals surface area contributed by atoms with Crippen molar-refractivity contribution in [2.45, 2.75) is 52.4 Å². The molecule has 0 bridgehead atoms. The second-order valence-corrected chi connectivity index (χ2v) is 6.02. The summed E-state index contributed by atoms with van der Waals surface area (Å²) in [5, 5.41) is 2.45. The minimum Gasteiger partial charge on any atom is -0.465 e. The van der Waals surface area contributed by atoms with E-state index in [1.165, 1.54) is 6.92 Å². The van der Waals surface area contributed by atoms with Gasteiger partial charge in [-0.25, -0.2) is 4.79 Å². The van der Waals surface area contributed by atoms with Crippen LogP contribution in [0.25, 0.3) is 0 Å². The molecule has 1 atom stereocenters. The van der Waals surface area contributed by atoms with Crippen molar-refractivity contribution in [1.82, 2.24) is 5.32 Å². The molecular formula is C16H26N2O5. The number of ketones is 2. The highest BCUT2D eigenvalue weighted by molar-refractivity contribution is 6.05. The highest BCUT2D eigenvalue weighted by Gasteiger charge is 2.51. The van der Waals surface area contributed by atoms with E-state index in [0.29, 0.717) is 32.2 Å². The van der Waals surface area contributed by atoms with Crippen LogP contribution in [0.5, 0.6) is 0 Å². The van der Waals surface area contributed by atoms with Crippen LogP contribution in [0.2, 0.25) is 0 Å². The number of Topliss-reactive ketones (excluding diaryl/α,β-unsaturated/α-hetero) is 2. The van der Waals surface area contributed by atoms with Crippen molar-refractivity contribution in [3.8, 4) is 0 Å². The van der Waals surface area contributed by atoms with E-state index in [1.807, 2.05) is 0 Å². The van der Waals surface area contributed by atoms with Crippen molar-refractivity contribution in [2.24, 2.45) is 17.1 Å². The van der Waals surface area contributed by atoms with Crippen molar-refractivity contribution in [2.75, 3.05) is 13.2 Å². The van der Waals surface area contributed by atoms with Crippen LogP contribution in [0, 0.1) is 11.3 Å². The third-order valence-electron chi connectivity index (χ3n) is 4.44. The number of amides is 2. The van der Waals surface area contributed by atoms with Crippen molar-refractivity contribution >= 4 is 23.6 Å². The summed E-state index contributed by atoms with van der Waals surface area (Å²) in [4.78, 5) is 47.0. The summed E-state index contributed by atoms with van der Waals surface area (Å²) in [6, 6.07) is -0.615. The van der Waals surface area contributed by atoms with Crippen LogP contribution in [0.1, 0.15) is 52.4 Å². The zero-order chi connectivity index (χ0) is 17.5. The molecule has 0 heterocycles. The van der Waals surface area contributed by atoms with Gasteiger partial charge in [-0.3, -0.25) is 14.4 Å². The van der Waals surface area contributed by atoms with Crippen LogP contribution in [0.15, 0.2) is 0 Å². The summed E-state index contributed by atoms with van der Waals surface area (Å²) in [6.45, 7) is 3.75. The molecule has 7 heteroatoms. The van der Waals surface area contributed by atoms with Gasteiger partial charge in [-0.1, -0.05) is 6.42 Å². The standard InChI is InChI=1S/C16H26N2O5/c1-3-23-14(21)16(7-5-8-16)13(20)10-12(11(2)19)6-4-9-18-15(17)22/h12H,3-10H2,1-2H3,(H3,17,18,22)/t12-/m1/s1. The Hall–Kier alpha value is -1.92. The van der Waals surface area contributed by atoms with Crippen molar-refractivity contribution in [3.63, 3.8) is 0 Å². The fourth-order valence-corrected chi connectivity index (χ4v) is 2.82. The molecule has 130 valence electrons. The molecule has 0 aromatic heterocycles. The van der Waals surface area contributed by atoms with Gasteiger partial charge >= 0.3 is 12.0 Å². The minimum atomic E-state index is -1.05. The molecule has 0 spiro atoms. The normalized spacial score (nSPS) is 16.8. The topological polar surface area (TPSA) is 116 Å². The molecule has 0 unspecified atom stereocenters. The van der Waals surface area contributed by atoms with E-state index >= 15 is 0 Å². The molecule has 0 radical (unpaired) electrons. The molecular weight excluding hydrogens is 300 g/mol. The first-order valence-electron chi connectivity index (χ1n) is 8.07. The lowest BCUT2D eigenvalue weighted by Gasteiger charge is -2.38. The van der Waals surface area contributed by atoms with Crippen molar-refractivity contribution in [3.05, 3.63) is 0 Å². The first kappa shape index (κ1) is 19.1. The third-order valence-corrected chi connectivity index (χ3v) is 4.44. The third kappa shape index (κ3) is 5.04. The van der Waals surface area contributed by atoms with Gasteiger partial charge < -0.3 is 15.8 Å². The Bertz CT molecular complexity index is 471. The van der Waals surface area contributed by atoms with Gasteiger partial charge in [0.05, 0.1) is 6.61 Å². The van der Waals surface area contributed by atoms with Crippen LogP contribution in [0.3, 0.4) is 0 Å². The van der Waals surface area contributed by atoms with E-state index in [0.717, 1.165) is 6.42 Å². The summed E-state index contributed by atoms with van der Waals surface area (Å²) in [6.07, 6.45) is 2.88. The maximum atomic E-state index is 12.6. The zero-order valence-electron chi connectivity index (χ0n) is 13.9. The van der Waals surface area contributed by atoms with E-state index in [2.05, 4.69) is 5.32 Å². The molecule has 1 aliphatic rings. The van der Waals surface area contributed by atoms with E-state index in [4.69, 9.17) is 10.5 Å². The number of carbonyl (C=O) groups is 4. The van der Waals surface area contributed by atoms with Gasteiger partial charge in [-0.2, -0.15) is 0 Å². The van der Waals surface area contributed by atoms with E-state index in [-0.39, 0.29) is 24.6 Å². The SMILES string of the molecule is CCOC(=O)C1(C(=O)C[C@@H](CCCNC(N)=O)C(C)=O)CCC1. The van der Waals surface area contributed by atoms with Gasteiger partial charge in [0.1, 0.15) is 11.2 Å². The lowest BCUT2D eigenvalue weighted by atomic mass is 9.64. The van der Waals surface area contributed by atoms with Crippen molar-refractivity contribution < 1.29 is 23.9 Å². The predicted molar refractivity (Wildman–Crippen MR) is 83.5 cm³/mol. The molecule has 1 fully saturated rings. The summed E-state index contributed by atoms with van der Waals surface area (Å²) >= 11 is 0. The Balaban J connectivity index is 2.60. The molecule has 1 aliphatic carbocycles. The highest BCUT2D eigenvalue weighted by atomic mass is 16.5. The van der Waals surface area contributed by atoms with Gasteiger partial charge in [-0.15, -0.1) is 0 Å². The molecule has 0 aromatic carbocycles. The number of carbonyl (C=O) groups excluding carboxylic acids is 4. The number of rotatable bonds is 10. The molecule has 23 heavy (non-hydrogen) atoms. The van der Waals surface area contributed by atoms with E-state index < -0.39 is 23.3 Å². The first-order valence-corrected chi connectivity index (χ1v) is 8.07. The van der Waals surface area contributed by atoms with Crippen LogP contribution in [0.4, 0.5) is 4.79 Å². The van der Waals surface area contributed by atoms with Gasteiger partial charge in [0.15, 0.2) is 5.78 Å². The second kappa shape index (κ2) is 8.64. The summed E-state index contributed by atoms with van der Waals surface area (Å²) in [5.74, 6) is -1.20. The van der Waals surface area contributed by atoms with Gasteiger partial charge in [0.25, 0.3) is 0 Å². The first-order chi connectivity index (χ1) is 10.8. The van der Waals surface area contributed by atoms with Crippen LogP contribution in [-0.4, -0.2) is 36.7 Å². The molecule has 7 nitrogen and oxygen atoms in total. The monoisotopic (exact) mass is 326 g/mol. The average Bonchev–Trinajstić information content (AvgIpc) is 2.40. The number of nitrogens with one attached hydrogen (secondary N) is 1. The van der Waals surface area contributed by atoms with Crippen molar-refractivity contribution in [1.29, 1.82) is 0 Å². The fourth-order valence-electron chi connectivity index (χ4n) is 2.82. The van der Waals surface area contributed by atoms with E-state index in [9.17, 15) is 19.2 Å². The van der Waals surface area contributed by atoms with Crippen LogP contribution >= 0.6 is 0 Å². The number of esters is 1. The molecule has 1 saturated carbocycles. The number of hydrogen-bond acceptors (Lipinski definition) is 5. The van der Waals surface area contributed by atoms with Crippen LogP contribution in [-0.2, 0) is 19.1 Å². The average molecular weight is 326 g/mol. The Morgan fingerprint density at radius 2 is 1.91 bits per heavy atom. The molecule has 2 amide bonds. The maximum absolute atomic E-state index is 12.6.